The highest BCUT2D eigenvalue weighted by molar-refractivity contribution is 5.67. The number of nitrogens with two attached hydrogens (primary N) is 1. The summed E-state index contributed by atoms with van der Waals surface area (Å²) in [6.07, 6.45) is 4.45. The molecule has 1 aromatic heterocycles. The molecule has 1 aliphatic rings. The zero-order chi connectivity index (χ0) is 14.8. The maximum absolute atomic E-state index is 6.14. The van der Waals surface area contributed by atoms with Crippen LogP contribution in [-0.2, 0) is 5.41 Å². The largest absolute Gasteiger partial charge is 0.476 e. The molecule has 3 N–H and O–H groups in total. The minimum absolute atomic E-state index is 0.128. The van der Waals surface area contributed by atoms with E-state index in [4.69, 9.17) is 10.5 Å². The molecule has 0 saturated heterocycles. The molecule has 1 fully saturated rings. The van der Waals surface area contributed by atoms with Gasteiger partial charge < -0.3 is 15.8 Å². The Morgan fingerprint density at radius 2 is 2.00 bits per heavy atom. The van der Waals surface area contributed by atoms with Gasteiger partial charge in [0, 0.05) is 11.5 Å². The van der Waals surface area contributed by atoms with Crippen molar-refractivity contribution in [2.45, 2.75) is 64.8 Å². The van der Waals surface area contributed by atoms with Gasteiger partial charge in [-0.2, -0.15) is 4.98 Å². The molecular weight excluding hydrogens is 252 g/mol. The van der Waals surface area contributed by atoms with Gasteiger partial charge in [-0.15, -0.1) is 0 Å². The van der Waals surface area contributed by atoms with E-state index in [0.29, 0.717) is 24.2 Å². The van der Waals surface area contributed by atoms with Crippen LogP contribution in [0.3, 0.4) is 0 Å². The van der Waals surface area contributed by atoms with Gasteiger partial charge in [0.15, 0.2) is 5.82 Å². The third-order valence-corrected chi connectivity index (χ3v) is 3.24. The number of ether oxygens (including phenoxy) is 1. The van der Waals surface area contributed by atoms with Gasteiger partial charge in [-0.3, -0.25) is 0 Å². The van der Waals surface area contributed by atoms with Crippen LogP contribution in [0.1, 0.15) is 59.2 Å². The standard InChI is InChI=1S/C15H26N4O/c1-5-6-9-20-13-11(16)12(17-10-7-8-10)18-14(19-13)15(2,3)4/h10H,5-9,16H2,1-4H3,(H,17,18,19). The molecule has 0 aliphatic heterocycles. The molecule has 20 heavy (non-hydrogen) atoms. The summed E-state index contributed by atoms with van der Waals surface area (Å²) in [4.78, 5) is 9.09. The first-order chi connectivity index (χ1) is 9.41. The maximum Gasteiger partial charge on any atom is 0.242 e. The SMILES string of the molecule is CCCCOc1nc(C(C)(C)C)nc(NC2CC2)c1N. The van der Waals surface area contributed by atoms with Crippen LogP contribution in [-0.4, -0.2) is 22.6 Å². The van der Waals surface area contributed by atoms with E-state index in [0.717, 1.165) is 24.5 Å². The predicted molar refractivity (Wildman–Crippen MR) is 82.2 cm³/mol. The Morgan fingerprint density at radius 3 is 2.55 bits per heavy atom. The van der Waals surface area contributed by atoms with Crippen LogP contribution in [0, 0.1) is 0 Å². The number of nitrogen functional groups attached to an aromatic ring is 1. The summed E-state index contributed by atoms with van der Waals surface area (Å²) >= 11 is 0. The quantitative estimate of drug-likeness (QED) is 0.782. The second-order valence-corrected chi connectivity index (χ2v) is 6.49. The van der Waals surface area contributed by atoms with Crippen LogP contribution in [0.4, 0.5) is 11.5 Å². The minimum atomic E-state index is -0.128. The number of hydrogen-bond donors (Lipinski definition) is 2. The lowest BCUT2D eigenvalue weighted by Crippen LogP contribution is -2.20. The van der Waals surface area contributed by atoms with Crippen molar-refractivity contribution in [2.75, 3.05) is 17.7 Å². The van der Waals surface area contributed by atoms with Gasteiger partial charge in [0.25, 0.3) is 0 Å². The van der Waals surface area contributed by atoms with E-state index in [1.165, 1.54) is 12.8 Å². The van der Waals surface area contributed by atoms with Crippen molar-refractivity contribution in [3.8, 4) is 5.88 Å². The molecule has 2 rings (SSSR count). The van der Waals surface area contributed by atoms with Crippen molar-refractivity contribution in [1.82, 2.24) is 9.97 Å². The second kappa shape index (κ2) is 5.85. The number of nitrogens with zero attached hydrogens (tertiary/aromatic N) is 2. The summed E-state index contributed by atoms with van der Waals surface area (Å²) in [7, 11) is 0. The van der Waals surface area contributed by atoms with Gasteiger partial charge in [-0.25, -0.2) is 4.98 Å². The summed E-state index contributed by atoms with van der Waals surface area (Å²) in [5.74, 6) is 2.00. The normalized spacial score (nSPS) is 15.2. The van der Waals surface area contributed by atoms with Crippen molar-refractivity contribution in [1.29, 1.82) is 0 Å². The molecule has 112 valence electrons. The molecule has 0 amide bonds. The van der Waals surface area contributed by atoms with Crippen molar-refractivity contribution < 1.29 is 4.74 Å². The van der Waals surface area contributed by atoms with E-state index >= 15 is 0 Å². The van der Waals surface area contributed by atoms with E-state index < -0.39 is 0 Å². The first-order valence-electron chi connectivity index (χ1n) is 7.49. The van der Waals surface area contributed by atoms with Crippen LogP contribution in [0.2, 0.25) is 0 Å². The Balaban J connectivity index is 2.27. The molecule has 1 heterocycles. The fourth-order valence-corrected chi connectivity index (χ4v) is 1.74. The molecule has 5 nitrogen and oxygen atoms in total. The number of aromatic nitrogens is 2. The number of rotatable bonds is 6. The van der Waals surface area contributed by atoms with Crippen LogP contribution in [0.5, 0.6) is 5.88 Å². The van der Waals surface area contributed by atoms with Gasteiger partial charge >= 0.3 is 0 Å². The van der Waals surface area contributed by atoms with Crippen molar-refractivity contribution in [3.63, 3.8) is 0 Å². The third kappa shape index (κ3) is 3.74. The zero-order valence-electron chi connectivity index (χ0n) is 13.0. The first kappa shape index (κ1) is 14.9. The van der Waals surface area contributed by atoms with Gasteiger partial charge in [0.05, 0.1) is 6.61 Å². The number of anilines is 2. The minimum Gasteiger partial charge on any atom is -0.476 e. The molecule has 0 unspecified atom stereocenters. The number of unbranched alkanes of at least 4 members (excludes halogenated alkanes) is 1. The average Bonchev–Trinajstić information content (AvgIpc) is 3.16. The molecule has 0 spiro atoms. The molecule has 0 atom stereocenters. The third-order valence-electron chi connectivity index (χ3n) is 3.24. The lowest BCUT2D eigenvalue weighted by Gasteiger charge is -2.20. The lowest BCUT2D eigenvalue weighted by molar-refractivity contribution is 0.296. The van der Waals surface area contributed by atoms with Gasteiger partial charge in [-0.1, -0.05) is 34.1 Å². The van der Waals surface area contributed by atoms with Crippen molar-refractivity contribution in [2.24, 2.45) is 0 Å². The van der Waals surface area contributed by atoms with Crippen molar-refractivity contribution in [3.05, 3.63) is 5.82 Å². The van der Waals surface area contributed by atoms with Gasteiger partial charge in [-0.05, 0) is 19.3 Å². The Hall–Kier alpha value is -1.52. The highest BCUT2D eigenvalue weighted by Gasteiger charge is 2.26. The molecule has 1 aromatic rings. The van der Waals surface area contributed by atoms with Crippen molar-refractivity contribution >= 4 is 11.5 Å². The highest BCUT2D eigenvalue weighted by Crippen LogP contribution is 2.33. The number of nitrogens with one attached hydrogen (secondary N) is 1. The fraction of sp³-hybridized carbons (Fsp3) is 0.733. The van der Waals surface area contributed by atoms with E-state index in [9.17, 15) is 0 Å². The summed E-state index contributed by atoms with van der Waals surface area (Å²) in [5.41, 5.74) is 6.54. The Labute approximate surface area is 121 Å². The monoisotopic (exact) mass is 278 g/mol. The smallest absolute Gasteiger partial charge is 0.242 e. The summed E-state index contributed by atoms with van der Waals surface area (Å²) in [5, 5.41) is 3.37. The summed E-state index contributed by atoms with van der Waals surface area (Å²) < 4.78 is 5.74. The fourth-order valence-electron chi connectivity index (χ4n) is 1.74. The Kier molecular flexibility index (Phi) is 4.35. The Morgan fingerprint density at radius 1 is 1.30 bits per heavy atom. The second-order valence-electron chi connectivity index (χ2n) is 6.49. The van der Waals surface area contributed by atoms with Crippen LogP contribution >= 0.6 is 0 Å². The van der Waals surface area contributed by atoms with Crippen LogP contribution in [0.15, 0.2) is 0 Å². The van der Waals surface area contributed by atoms with Crippen LogP contribution in [0.25, 0.3) is 0 Å². The molecule has 0 bridgehead atoms. The molecule has 5 heteroatoms. The van der Waals surface area contributed by atoms with E-state index in [1.807, 2.05) is 0 Å². The molecule has 0 radical (unpaired) electrons. The topological polar surface area (TPSA) is 73.1 Å². The first-order valence-corrected chi connectivity index (χ1v) is 7.49. The summed E-state index contributed by atoms with van der Waals surface area (Å²) in [6.45, 7) is 9.05. The average molecular weight is 278 g/mol. The van der Waals surface area contributed by atoms with E-state index in [-0.39, 0.29) is 5.41 Å². The lowest BCUT2D eigenvalue weighted by atomic mass is 9.96. The zero-order valence-corrected chi connectivity index (χ0v) is 13.0. The molecule has 1 aliphatic carbocycles. The molecular formula is C15H26N4O. The van der Waals surface area contributed by atoms with Gasteiger partial charge in [0.2, 0.25) is 5.88 Å². The number of hydrogen-bond acceptors (Lipinski definition) is 5. The maximum atomic E-state index is 6.14. The van der Waals surface area contributed by atoms with E-state index in [1.54, 1.807) is 0 Å². The van der Waals surface area contributed by atoms with Crippen LogP contribution < -0.4 is 15.8 Å². The predicted octanol–water partition coefficient (Wildman–Crippen LogP) is 3.11. The Bertz CT molecular complexity index is 464. The van der Waals surface area contributed by atoms with Gasteiger partial charge in [0.1, 0.15) is 11.5 Å². The molecule has 0 aromatic carbocycles. The molecule has 1 saturated carbocycles. The van der Waals surface area contributed by atoms with E-state index in [2.05, 4.69) is 43.0 Å². The highest BCUT2D eigenvalue weighted by atomic mass is 16.5. The summed E-state index contributed by atoms with van der Waals surface area (Å²) in [6, 6.07) is 0.503.